The van der Waals surface area contributed by atoms with E-state index in [1.807, 2.05) is 74.8 Å². The molecule has 0 radical (unpaired) electrons. The minimum Gasteiger partial charge on any atom is -0.298 e. The summed E-state index contributed by atoms with van der Waals surface area (Å²) in [6.07, 6.45) is 0.795. The smallest absolute Gasteiger partial charge is 0.208 e. The van der Waals surface area contributed by atoms with Crippen LogP contribution in [0.3, 0.4) is 0 Å². The Bertz CT molecular complexity index is 702. The van der Waals surface area contributed by atoms with Gasteiger partial charge in [0.05, 0.1) is 0 Å². The van der Waals surface area contributed by atoms with Crippen molar-refractivity contribution in [2.24, 2.45) is 0 Å². The maximum atomic E-state index is 14.3. The Kier molecular flexibility index (Phi) is 5.56. The summed E-state index contributed by atoms with van der Waals surface area (Å²) in [5.41, 5.74) is 0.492. The predicted octanol–water partition coefficient (Wildman–Crippen LogP) is 3.85. The Hall–Kier alpha value is -1.70. The molecular weight excluding hydrogens is 305 g/mol. The van der Waals surface area contributed by atoms with Gasteiger partial charge in [-0.3, -0.25) is 9.36 Å². The summed E-state index contributed by atoms with van der Waals surface area (Å²) in [5.74, 6) is 0. The van der Waals surface area contributed by atoms with Crippen LogP contribution in [0.25, 0.3) is 0 Å². The first-order valence-corrected chi connectivity index (χ1v) is 9.58. The van der Waals surface area contributed by atoms with E-state index in [-0.39, 0.29) is 12.1 Å². The van der Waals surface area contributed by atoms with Crippen molar-refractivity contribution in [3.63, 3.8) is 0 Å². The quantitative estimate of drug-likeness (QED) is 0.597. The van der Waals surface area contributed by atoms with Gasteiger partial charge >= 0.3 is 0 Å². The maximum Gasteiger partial charge on any atom is 0.208 e. The number of rotatable bonds is 6. The third kappa shape index (κ3) is 3.31. The topological polar surface area (TPSA) is 37.4 Å². The van der Waals surface area contributed by atoms with Gasteiger partial charge in [-0.2, -0.15) is 0 Å². The average Bonchev–Trinajstić information content (AvgIpc) is 2.54. The van der Waals surface area contributed by atoms with Crippen molar-refractivity contribution in [2.45, 2.75) is 39.8 Å². The molecule has 3 nitrogen and oxygen atoms in total. The zero-order valence-corrected chi connectivity index (χ0v) is 15.0. The van der Waals surface area contributed by atoms with E-state index in [0.717, 1.165) is 11.6 Å². The average molecular weight is 329 g/mol. The minimum absolute atomic E-state index is 0.0840. The Balaban J connectivity index is 2.80. The Morgan fingerprint density at radius 1 is 0.870 bits per heavy atom. The fourth-order valence-electron chi connectivity index (χ4n) is 3.14. The lowest BCUT2D eigenvalue weighted by atomic mass is 10.2. The van der Waals surface area contributed by atoms with E-state index in [4.69, 9.17) is 0 Å². The summed E-state index contributed by atoms with van der Waals surface area (Å²) in [6.45, 7) is 8.16. The molecule has 0 saturated carbocycles. The monoisotopic (exact) mass is 329 g/mol. The van der Waals surface area contributed by atoms with Gasteiger partial charge in [0.15, 0.2) is 6.29 Å². The molecule has 2 aromatic rings. The summed E-state index contributed by atoms with van der Waals surface area (Å²) in [4.78, 5) is 11.5. The van der Waals surface area contributed by atoms with Crippen LogP contribution in [0.5, 0.6) is 0 Å². The van der Waals surface area contributed by atoms with Gasteiger partial charge in [0.25, 0.3) is 0 Å². The number of aldehydes is 1. The van der Waals surface area contributed by atoms with Gasteiger partial charge in [0.2, 0.25) is 7.29 Å². The lowest BCUT2D eigenvalue weighted by Crippen LogP contribution is -2.41. The standard InChI is InChI=1S/C19H24NO2P/c1-15(2)20(16(3)4)23(22,18-11-6-5-7-12-18)19-13-9-8-10-17(19)14-21/h5-16H,1-4H3. The Morgan fingerprint density at radius 3 is 1.91 bits per heavy atom. The van der Waals surface area contributed by atoms with Crippen molar-refractivity contribution >= 4 is 24.2 Å². The van der Waals surface area contributed by atoms with Crippen LogP contribution in [0.4, 0.5) is 0 Å². The van der Waals surface area contributed by atoms with Crippen molar-refractivity contribution in [3.05, 3.63) is 60.2 Å². The van der Waals surface area contributed by atoms with E-state index >= 15 is 0 Å². The van der Waals surface area contributed by atoms with Gasteiger partial charge < -0.3 is 0 Å². The first kappa shape index (κ1) is 17.7. The summed E-state index contributed by atoms with van der Waals surface area (Å²) < 4.78 is 16.4. The zero-order valence-electron chi connectivity index (χ0n) is 14.1. The highest BCUT2D eigenvalue weighted by Crippen LogP contribution is 2.50. The van der Waals surface area contributed by atoms with Gasteiger partial charge in [-0.1, -0.05) is 36.4 Å². The first-order chi connectivity index (χ1) is 10.9. The molecule has 0 spiro atoms. The molecule has 1 unspecified atom stereocenters. The van der Waals surface area contributed by atoms with E-state index in [2.05, 4.69) is 0 Å². The van der Waals surface area contributed by atoms with Crippen molar-refractivity contribution < 1.29 is 9.36 Å². The van der Waals surface area contributed by atoms with Gasteiger partial charge in [-0.15, -0.1) is 0 Å². The lowest BCUT2D eigenvalue weighted by Gasteiger charge is -2.38. The summed E-state index contributed by atoms with van der Waals surface area (Å²) >= 11 is 0. The number of hydrogen-bond donors (Lipinski definition) is 0. The molecule has 1 atom stereocenters. The summed E-state index contributed by atoms with van der Waals surface area (Å²) in [5, 5.41) is 1.38. The molecule has 0 aliphatic heterocycles. The largest absolute Gasteiger partial charge is 0.298 e. The molecule has 0 saturated heterocycles. The van der Waals surface area contributed by atoms with E-state index in [9.17, 15) is 9.36 Å². The Morgan fingerprint density at radius 2 is 1.39 bits per heavy atom. The fourth-order valence-corrected chi connectivity index (χ4v) is 6.57. The van der Waals surface area contributed by atoms with Gasteiger partial charge in [0.1, 0.15) is 0 Å². The van der Waals surface area contributed by atoms with E-state index in [1.54, 1.807) is 12.1 Å². The summed E-state index contributed by atoms with van der Waals surface area (Å²) in [6, 6.07) is 16.8. The van der Waals surface area contributed by atoms with Crippen LogP contribution in [0.2, 0.25) is 0 Å². The van der Waals surface area contributed by atoms with Gasteiger partial charge in [-0.05, 0) is 45.9 Å². The SMILES string of the molecule is CC(C)N(C(C)C)P(=O)(c1ccccc1)c1ccccc1C=O. The number of carbonyl (C=O) groups excluding carboxylic acids is 1. The Labute approximate surface area is 138 Å². The minimum atomic E-state index is -3.10. The molecule has 2 rings (SSSR count). The molecule has 122 valence electrons. The third-order valence-electron chi connectivity index (χ3n) is 3.88. The molecular formula is C19H24NO2P. The van der Waals surface area contributed by atoms with Gasteiger partial charge in [0, 0.05) is 28.3 Å². The van der Waals surface area contributed by atoms with Crippen molar-refractivity contribution in [1.82, 2.24) is 4.67 Å². The predicted molar refractivity (Wildman–Crippen MR) is 97.3 cm³/mol. The maximum absolute atomic E-state index is 14.3. The molecule has 23 heavy (non-hydrogen) atoms. The van der Waals surface area contributed by atoms with Crippen LogP contribution in [-0.4, -0.2) is 23.0 Å². The fraction of sp³-hybridized carbons (Fsp3) is 0.316. The molecule has 0 aliphatic rings. The second-order valence-corrected chi connectivity index (χ2v) is 8.77. The van der Waals surface area contributed by atoms with Crippen LogP contribution < -0.4 is 10.6 Å². The van der Waals surface area contributed by atoms with E-state index in [1.165, 1.54) is 0 Å². The molecule has 2 aromatic carbocycles. The normalized spacial score (nSPS) is 14.2. The van der Waals surface area contributed by atoms with Crippen LogP contribution in [0.1, 0.15) is 38.1 Å². The van der Waals surface area contributed by atoms with Crippen molar-refractivity contribution in [1.29, 1.82) is 0 Å². The first-order valence-electron chi connectivity index (χ1n) is 7.92. The highest BCUT2D eigenvalue weighted by molar-refractivity contribution is 7.76. The zero-order chi connectivity index (χ0) is 17.0. The summed E-state index contributed by atoms with van der Waals surface area (Å²) in [7, 11) is -3.10. The molecule has 4 heteroatoms. The molecule has 0 aliphatic carbocycles. The van der Waals surface area contributed by atoms with Crippen LogP contribution in [0.15, 0.2) is 54.6 Å². The second kappa shape index (κ2) is 7.25. The second-order valence-electron chi connectivity index (χ2n) is 6.16. The molecule has 0 fully saturated rings. The number of nitrogens with zero attached hydrogens (tertiary/aromatic N) is 1. The number of carbonyl (C=O) groups is 1. The van der Waals surface area contributed by atoms with Crippen LogP contribution >= 0.6 is 7.29 Å². The van der Waals surface area contributed by atoms with Gasteiger partial charge in [-0.25, -0.2) is 4.67 Å². The highest BCUT2D eigenvalue weighted by Gasteiger charge is 2.39. The number of benzene rings is 2. The van der Waals surface area contributed by atoms with Crippen LogP contribution in [-0.2, 0) is 4.57 Å². The van der Waals surface area contributed by atoms with E-state index in [0.29, 0.717) is 10.9 Å². The van der Waals surface area contributed by atoms with Crippen LogP contribution in [0, 0.1) is 0 Å². The molecule has 0 amide bonds. The van der Waals surface area contributed by atoms with Crippen molar-refractivity contribution in [2.75, 3.05) is 0 Å². The van der Waals surface area contributed by atoms with Crippen molar-refractivity contribution in [3.8, 4) is 0 Å². The highest BCUT2D eigenvalue weighted by atomic mass is 31.2. The van der Waals surface area contributed by atoms with E-state index < -0.39 is 7.29 Å². The molecule has 0 aromatic heterocycles. The molecule has 0 heterocycles. The number of hydrogen-bond acceptors (Lipinski definition) is 2. The lowest BCUT2D eigenvalue weighted by molar-refractivity contribution is 0.112. The molecule has 0 bridgehead atoms. The molecule has 0 N–H and O–H groups in total. The third-order valence-corrected chi connectivity index (χ3v) is 7.51.